The van der Waals surface area contributed by atoms with E-state index in [4.69, 9.17) is 11.6 Å². The molecule has 5 nitrogen and oxygen atoms in total. The van der Waals surface area contributed by atoms with Gasteiger partial charge in [0.1, 0.15) is 18.5 Å². The second-order valence-corrected chi connectivity index (χ2v) is 4.36. The van der Waals surface area contributed by atoms with E-state index >= 15 is 0 Å². The monoisotopic (exact) mass is 301 g/mol. The molecule has 2 heterocycles. The maximum atomic E-state index is 5.79. The number of pyridine rings is 1. The molecular weight excluding hydrogens is 293 g/mol. The van der Waals surface area contributed by atoms with Crippen molar-refractivity contribution in [3.63, 3.8) is 0 Å². The van der Waals surface area contributed by atoms with Crippen LogP contribution in [0.2, 0.25) is 5.02 Å². The molecule has 0 saturated heterocycles. The minimum atomic E-state index is 0.605. The van der Waals surface area contributed by atoms with E-state index in [1.165, 1.54) is 6.33 Å². The van der Waals surface area contributed by atoms with Crippen LogP contribution < -0.4 is 5.32 Å². The molecule has 0 aliphatic carbocycles. The zero-order chi connectivity index (χ0) is 11.4. The summed E-state index contributed by atoms with van der Waals surface area (Å²) in [6.45, 7) is 1.45. The summed E-state index contributed by atoms with van der Waals surface area (Å²) in [5.74, 6) is 0.768. The summed E-state index contributed by atoms with van der Waals surface area (Å²) in [6, 6.07) is 1.80. The minimum absolute atomic E-state index is 0.605. The fourth-order valence-corrected chi connectivity index (χ4v) is 1.96. The zero-order valence-corrected chi connectivity index (χ0v) is 10.6. The molecule has 0 fully saturated rings. The van der Waals surface area contributed by atoms with Crippen molar-refractivity contribution in [2.45, 2.75) is 6.54 Å². The van der Waals surface area contributed by atoms with Crippen LogP contribution in [0.4, 0.5) is 5.82 Å². The lowest BCUT2D eigenvalue weighted by molar-refractivity contribution is 0.635. The minimum Gasteiger partial charge on any atom is -0.367 e. The van der Waals surface area contributed by atoms with Gasteiger partial charge in [0.25, 0.3) is 0 Å². The van der Waals surface area contributed by atoms with E-state index in [1.807, 2.05) is 0 Å². The molecule has 0 atom stereocenters. The number of aromatic nitrogens is 4. The van der Waals surface area contributed by atoms with Crippen LogP contribution >= 0.6 is 27.5 Å². The van der Waals surface area contributed by atoms with Crippen molar-refractivity contribution in [3.8, 4) is 0 Å². The van der Waals surface area contributed by atoms with Crippen molar-refractivity contribution < 1.29 is 0 Å². The molecule has 0 aliphatic heterocycles. The second-order valence-electron chi connectivity index (χ2n) is 3.07. The van der Waals surface area contributed by atoms with Crippen molar-refractivity contribution in [1.29, 1.82) is 0 Å². The van der Waals surface area contributed by atoms with Gasteiger partial charge in [-0.3, -0.25) is 4.68 Å². The SMILES string of the molecule is Clc1cnc(NCCn2cncn2)c(Br)c1. The van der Waals surface area contributed by atoms with E-state index in [-0.39, 0.29) is 0 Å². The highest BCUT2D eigenvalue weighted by Crippen LogP contribution is 2.22. The Labute approximate surface area is 106 Å². The lowest BCUT2D eigenvalue weighted by Gasteiger charge is -2.07. The first-order chi connectivity index (χ1) is 7.75. The molecule has 2 rings (SSSR count). The van der Waals surface area contributed by atoms with Crippen LogP contribution in [0.25, 0.3) is 0 Å². The summed E-state index contributed by atoms with van der Waals surface area (Å²) >= 11 is 9.17. The standard InChI is InChI=1S/C9H9BrClN5/c10-8-3-7(11)4-14-9(8)13-1-2-16-6-12-5-15-16/h3-6H,1-2H2,(H,13,14). The van der Waals surface area contributed by atoms with Gasteiger partial charge in [-0.15, -0.1) is 0 Å². The van der Waals surface area contributed by atoms with Gasteiger partial charge in [-0.05, 0) is 22.0 Å². The summed E-state index contributed by atoms with van der Waals surface area (Å²) in [4.78, 5) is 8.02. The third kappa shape index (κ3) is 2.93. The fourth-order valence-electron chi connectivity index (χ4n) is 1.18. The smallest absolute Gasteiger partial charge is 0.140 e. The Morgan fingerprint density at radius 2 is 2.38 bits per heavy atom. The van der Waals surface area contributed by atoms with E-state index in [1.54, 1.807) is 23.3 Å². The highest BCUT2D eigenvalue weighted by molar-refractivity contribution is 9.10. The van der Waals surface area contributed by atoms with Gasteiger partial charge < -0.3 is 5.32 Å². The van der Waals surface area contributed by atoms with Crippen molar-refractivity contribution in [2.75, 3.05) is 11.9 Å². The van der Waals surface area contributed by atoms with Crippen LogP contribution in [0.1, 0.15) is 0 Å². The summed E-state index contributed by atoms with van der Waals surface area (Å²) in [5, 5.41) is 7.77. The summed E-state index contributed by atoms with van der Waals surface area (Å²) < 4.78 is 2.59. The molecule has 1 N–H and O–H groups in total. The average Bonchev–Trinajstić information content (AvgIpc) is 2.74. The number of hydrogen-bond acceptors (Lipinski definition) is 4. The Balaban J connectivity index is 1.90. The van der Waals surface area contributed by atoms with Gasteiger partial charge in [-0.2, -0.15) is 5.10 Å². The Kier molecular flexibility index (Phi) is 3.74. The Hall–Kier alpha value is -1.14. The van der Waals surface area contributed by atoms with Crippen molar-refractivity contribution in [3.05, 3.63) is 34.4 Å². The number of anilines is 1. The highest BCUT2D eigenvalue weighted by atomic mass is 79.9. The average molecular weight is 303 g/mol. The van der Waals surface area contributed by atoms with Crippen LogP contribution in [-0.2, 0) is 6.54 Å². The number of halogens is 2. The van der Waals surface area contributed by atoms with Crippen LogP contribution in [0, 0.1) is 0 Å². The topological polar surface area (TPSA) is 55.6 Å². The van der Waals surface area contributed by atoms with Gasteiger partial charge in [0.15, 0.2) is 0 Å². The molecule has 0 bridgehead atoms. The van der Waals surface area contributed by atoms with Crippen molar-refractivity contribution in [1.82, 2.24) is 19.7 Å². The molecule has 0 unspecified atom stereocenters. The first-order valence-corrected chi connectivity index (χ1v) is 5.80. The van der Waals surface area contributed by atoms with Crippen LogP contribution in [0.5, 0.6) is 0 Å². The van der Waals surface area contributed by atoms with Gasteiger partial charge >= 0.3 is 0 Å². The van der Waals surface area contributed by atoms with Gasteiger partial charge in [-0.25, -0.2) is 9.97 Å². The van der Waals surface area contributed by atoms with Gasteiger partial charge in [0.05, 0.1) is 16.0 Å². The quantitative estimate of drug-likeness (QED) is 0.941. The first-order valence-electron chi connectivity index (χ1n) is 4.63. The molecule has 84 valence electrons. The van der Waals surface area contributed by atoms with E-state index in [9.17, 15) is 0 Å². The third-order valence-corrected chi connectivity index (χ3v) is 2.72. The lowest BCUT2D eigenvalue weighted by atomic mass is 10.4. The number of nitrogens with one attached hydrogen (secondary N) is 1. The zero-order valence-electron chi connectivity index (χ0n) is 8.27. The summed E-state index contributed by atoms with van der Waals surface area (Å²) in [7, 11) is 0. The van der Waals surface area contributed by atoms with E-state index < -0.39 is 0 Å². The Morgan fingerprint density at radius 3 is 3.06 bits per heavy atom. The predicted molar refractivity (Wildman–Crippen MR) is 65.5 cm³/mol. The molecule has 0 aliphatic rings. The van der Waals surface area contributed by atoms with Gasteiger partial charge in [0.2, 0.25) is 0 Å². The van der Waals surface area contributed by atoms with Gasteiger partial charge in [-0.1, -0.05) is 11.6 Å². The molecule has 0 saturated carbocycles. The van der Waals surface area contributed by atoms with Gasteiger partial charge in [0, 0.05) is 12.7 Å². The first kappa shape index (κ1) is 11.3. The fraction of sp³-hybridized carbons (Fsp3) is 0.222. The molecule has 0 aromatic carbocycles. The molecule has 16 heavy (non-hydrogen) atoms. The molecule has 0 amide bonds. The molecular formula is C9H9BrClN5. The second kappa shape index (κ2) is 5.27. The van der Waals surface area contributed by atoms with Crippen LogP contribution in [0.15, 0.2) is 29.4 Å². The Bertz CT molecular complexity index is 459. The van der Waals surface area contributed by atoms with E-state index in [2.05, 4.69) is 36.3 Å². The Morgan fingerprint density at radius 1 is 1.50 bits per heavy atom. The molecule has 0 radical (unpaired) electrons. The molecule has 2 aromatic rings. The molecule has 2 aromatic heterocycles. The number of rotatable bonds is 4. The number of hydrogen-bond donors (Lipinski definition) is 1. The maximum Gasteiger partial charge on any atom is 0.140 e. The summed E-state index contributed by atoms with van der Waals surface area (Å²) in [6.07, 6.45) is 4.78. The van der Waals surface area contributed by atoms with E-state index in [0.29, 0.717) is 5.02 Å². The normalized spacial score (nSPS) is 10.4. The van der Waals surface area contributed by atoms with Crippen LogP contribution in [0.3, 0.4) is 0 Å². The number of nitrogens with zero attached hydrogens (tertiary/aromatic N) is 4. The summed E-state index contributed by atoms with van der Waals surface area (Å²) in [5.41, 5.74) is 0. The van der Waals surface area contributed by atoms with Crippen molar-refractivity contribution in [2.24, 2.45) is 0 Å². The van der Waals surface area contributed by atoms with Crippen molar-refractivity contribution >= 4 is 33.3 Å². The van der Waals surface area contributed by atoms with Crippen LogP contribution in [-0.4, -0.2) is 26.3 Å². The highest BCUT2D eigenvalue weighted by Gasteiger charge is 2.01. The molecule has 0 spiro atoms. The third-order valence-electron chi connectivity index (χ3n) is 1.91. The van der Waals surface area contributed by atoms with E-state index in [0.717, 1.165) is 23.4 Å². The molecule has 7 heteroatoms. The predicted octanol–water partition coefficient (Wildman–Crippen LogP) is 2.20. The maximum absolute atomic E-state index is 5.79. The lowest BCUT2D eigenvalue weighted by Crippen LogP contribution is -2.11. The largest absolute Gasteiger partial charge is 0.367 e.